The lowest BCUT2D eigenvalue weighted by atomic mass is 9.93. The molecule has 0 saturated carbocycles. The first-order valence-electron chi connectivity index (χ1n) is 7.48. The number of hydrogen-bond acceptors (Lipinski definition) is 4. The Hall–Kier alpha value is -2.50. The maximum atomic E-state index is 12.2. The second-order valence-electron chi connectivity index (χ2n) is 5.47. The summed E-state index contributed by atoms with van der Waals surface area (Å²) in [6.45, 7) is 2.37. The van der Waals surface area contributed by atoms with Gasteiger partial charge >= 0.3 is 0 Å². The van der Waals surface area contributed by atoms with Crippen LogP contribution in [0.3, 0.4) is 0 Å². The summed E-state index contributed by atoms with van der Waals surface area (Å²) < 4.78 is 1.62. The van der Waals surface area contributed by atoms with E-state index in [1.807, 2.05) is 19.1 Å². The van der Waals surface area contributed by atoms with Crippen LogP contribution in [-0.4, -0.2) is 25.7 Å². The molecule has 0 radical (unpaired) electrons. The van der Waals surface area contributed by atoms with Crippen molar-refractivity contribution in [3.05, 3.63) is 48.2 Å². The number of nitrogens with zero attached hydrogens (tertiary/aromatic N) is 4. The summed E-state index contributed by atoms with van der Waals surface area (Å²) in [5.74, 6) is 0.897. The summed E-state index contributed by atoms with van der Waals surface area (Å²) in [4.78, 5) is 20.7. The van der Waals surface area contributed by atoms with Crippen LogP contribution < -0.4 is 5.32 Å². The molecule has 1 unspecified atom stereocenters. The van der Waals surface area contributed by atoms with Crippen LogP contribution in [0.15, 0.2) is 36.9 Å². The summed E-state index contributed by atoms with van der Waals surface area (Å²) in [5.41, 5.74) is 1.83. The first kappa shape index (κ1) is 14.4. The van der Waals surface area contributed by atoms with Crippen LogP contribution in [0.25, 0.3) is 5.82 Å². The second-order valence-corrected chi connectivity index (χ2v) is 5.47. The van der Waals surface area contributed by atoms with Gasteiger partial charge in [-0.1, -0.05) is 18.2 Å². The standard InChI is InChI=1S/C16H19N5O/c1-12-7-8-14(15(20-12)21-11-17-10-19-21)9-18-16(22)13-5-3-2-4-6-13/h2-3,7-8,10-11,13H,4-6,9H2,1H3,(H,18,22). The number of rotatable bonds is 4. The van der Waals surface area contributed by atoms with Gasteiger partial charge in [-0.15, -0.1) is 0 Å². The topological polar surface area (TPSA) is 72.7 Å². The van der Waals surface area contributed by atoms with Gasteiger partial charge in [-0.25, -0.2) is 14.6 Å². The van der Waals surface area contributed by atoms with Gasteiger partial charge < -0.3 is 5.32 Å². The number of carbonyl (C=O) groups is 1. The Morgan fingerprint density at radius 1 is 1.41 bits per heavy atom. The van der Waals surface area contributed by atoms with Gasteiger partial charge in [0.25, 0.3) is 0 Å². The summed E-state index contributed by atoms with van der Waals surface area (Å²) in [7, 11) is 0. The number of hydrogen-bond donors (Lipinski definition) is 1. The highest BCUT2D eigenvalue weighted by atomic mass is 16.1. The van der Waals surface area contributed by atoms with Gasteiger partial charge in [0.1, 0.15) is 12.7 Å². The van der Waals surface area contributed by atoms with E-state index in [2.05, 4.69) is 32.5 Å². The molecule has 1 amide bonds. The fourth-order valence-electron chi connectivity index (χ4n) is 2.58. The van der Waals surface area contributed by atoms with Gasteiger partial charge in [0.2, 0.25) is 5.91 Å². The lowest BCUT2D eigenvalue weighted by Gasteiger charge is -2.18. The number of amides is 1. The lowest BCUT2D eigenvalue weighted by molar-refractivity contribution is -0.125. The van der Waals surface area contributed by atoms with Gasteiger partial charge in [0.15, 0.2) is 5.82 Å². The van der Waals surface area contributed by atoms with Crippen molar-refractivity contribution in [3.8, 4) is 5.82 Å². The highest BCUT2D eigenvalue weighted by molar-refractivity contribution is 5.79. The van der Waals surface area contributed by atoms with Crippen molar-refractivity contribution in [2.24, 2.45) is 5.92 Å². The molecular formula is C16H19N5O. The molecule has 3 rings (SSSR count). The number of allylic oxidation sites excluding steroid dienone is 2. The molecule has 114 valence electrons. The van der Waals surface area contributed by atoms with E-state index in [1.54, 1.807) is 11.0 Å². The van der Waals surface area contributed by atoms with Crippen molar-refractivity contribution in [1.82, 2.24) is 25.1 Å². The van der Waals surface area contributed by atoms with Crippen LogP contribution in [0.1, 0.15) is 30.5 Å². The Kier molecular flexibility index (Phi) is 4.27. The molecule has 1 aliphatic carbocycles. The van der Waals surface area contributed by atoms with Crippen LogP contribution in [0.4, 0.5) is 0 Å². The predicted molar refractivity (Wildman–Crippen MR) is 82.2 cm³/mol. The van der Waals surface area contributed by atoms with Crippen molar-refractivity contribution in [2.75, 3.05) is 0 Å². The van der Waals surface area contributed by atoms with Crippen LogP contribution in [0.2, 0.25) is 0 Å². The van der Waals surface area contributed by atoms with Crippen molar-refractivity contribution in [2.45, 2.75) is 32.7 Å². The van der Waals surface area contributed by atoms with E-state index < -0.39 is 0 Å². The second kappa shape index (κ2) is 6.51. The molecule has 1 N–H and O–H groups in total. The number of aromatic nitrogens is 4. The monoisotopic (exact) mass is 297 g/mol. The Morgan fingerprint density at radius 3 is 3.05 bits per heavy atom. The van der Waals surface area contributed by atoms with Crippen LogP contribution in [-0.2, 0) is 11.3 Å². The minimum Gasteiger partial charge on any atom is -0.352 e. The molecule has 2 aromatic heterocycles. The Labute approximate surface area is 129 Å². The number of pyridine rings is 1. The van der Waals surface area contributed by atoms with Gasteiger partial charge in [0.05, 0.1) is 0 Å². The van der Waals surface area contributed by atoms with Crippen LogP contribution in [0.5, 0.6) is 0 Å². The molecule has 1 aliphatic rings. The zero-order chi connectivity index (χ0) is 15.4. The first-order chi connectivity index (χ1) is 10.7. The summed E-state index contributed by atoms with van der Waals surface area (Å²) in [6.07, 6.45) is 10.0. The van der Waals surface area contributed by atoms with Gasteiger partial charge in [-0.05, 0) is 32.3 Å². The minimum absolute atomic E-state index is 0.0817. The molecule has 0 aromatic carbocycles. The number of aryl methyl sites for hydroxylation is 1. The molecule has 6 heteroatoms. The average Bonchev–Trinajstić information content (AvgIpc) is 3.08. The molecule has 6 nitrogen and oxygen atoms in total. The maximum Gasteiger partial charge on any atom is 0.223 e. The number of nitrogens with one attached hydrogen (secondary N) is 1. The third-order valence-corrected chi connectivity index (χ3v) is 3.82. The van der Waals surface area contributed by atoms with E-state index >= 15 is 0 Å². The molecule has 22 heavy (non-hydrogen) atoms. The molecule has 1 atom stereocenters. The van der Waals surface area contributed by atoms with E-state index in [0.29, 0.717) is 12.4 Å². The van der Waals surface area contributed by atoms with Crippen LogP contribution >= 0.6 is 0 Å². The molecule has 2 heterocycles. The minimum atomic E-state index is 0.0817. The van der Waals surface area contributed by atoms with Crippen molar-refractivity contribution < 1.29 is 4.79 Å². The molecular weight excluding hydrogens is 278 g/mol. The zero-order valence-electron chi connectivity index (χ0n) is 12.6. The van der Waals surface area contributed by atoms with E-state index in [0.717, 1.165) is 30.5 Å². The predicted octanol–water partition coefficient (Wildman–Crippen LogP) is 1.94. The first-order valence-corrected chi connectivity index (χ1v) is 7.48. The number of carbonyl (C=O) groups excluding carboxylic acids is 1. The van der Waals surface area contributed by atoms with Crippen molar-refractivity contribution in [1.29, 1.82) is 0 Å². The van der Waals surface area contributed by atoms with Crippen molar-refractivity contribution >= 4 is 5.91 Å². The fraction of sp³-hybridized carbons (Fsp3) is 0.375. The summed E-state index contributed by atoms with van der Waals surface area (Å²) in [5, 5.41) is 7.14. The fourth-order valence-corrected chi connectivity index (χ4v) is 2.58. The molecule has 0 spiro atoms. The summed E-state index contributed by atoms with van der Waals surface area (Å²) in [6, 6.07) is 3.91. The quantitative estimate of drug-likeness (QED) is 0.875. The van der Waals surface area contributed by atoms with Gasteiger partial charge in [-0.2, -0.15) is 5.10 Å². The third kappa shape index (κ3) is 3.21. The van der Waals surface area contributed by atoms with E-state index in [9.17, 15) is 4.79 Å². The normalized spacial score (nSPS) is 17.4. The third-order valence-electron chi connectivity index (χ3n) is 3.82. The average molecular weight is 297 g/mol. The molecule has 0 fully saturated rings. The molecule has 2 aromatic rings. The van der Waals surface area contributed by atoms with Gasteiger partial charge in [-0.3, -0.25) is 4.79 Å². The molecule has 0 saturated heterocycles. The SMILES string of the molecule is Cc1ccc(CNC(=O)C2CC=CCC2)c(-n2cncn2)n1. The highest BCUT2D eigenvalue weighted by Gasteiger charge is 2.19. The smallest absolute Gasteiger partial charge is 0.223 e. The molecule has 0 aliphatic heterocycles. The van der Waals surface area contributed by atoms with E-state index in [-0.39, 0.29) is 11.8 Å². The lowest BCUT2D eigenvalue weighted by Crippen LogP contribution is -2.31. The van der Waals surface area contributed by atoms with Crippen LogP contribution in [0, 0.1) is 12.8 Å². The largest absolute Gasteiger partial charge is 0.352 e. The molecule has 0 bridgehead atoms. The zero-order valence-corrected chi connectivity index (χ0v) is 12.6. The maximum absolute atomic E-state index is 12.2. The Balaban J connectivity index is 1.72. The van der Waals surface area contributed by atoms with E-state index in [1.165, 1.54) is 6.33 Å². The van der Waals surface area contributed by atoms with E-state index in [4.69, 9.17) is 0 Å². The Bertz CT molecular complexity index is 678. The Morgan fingerprint density at radius 2 is 2.32 bits per heavy atom. The van der Waals surface area contributed by atoms with Crippen molar-refractivity contribution in [3.63, 3.8) is 0 Å². The van der Waals surface area contributed by atoms with Gasteiger partial charge in [0, 0.05) is 23.7 Å². The highest BCUT2D eigenvalue weighted by Crippen LogP contribution is 2.18. The summed E-state index contributed by atoms with van der Waals surface area (Å²) >= 11 is 0.